The van der Waals surface area contributed by atoms with E-state index in [4.69, 9.17) is 4.74 Å². The largest absolute Gasteiger partial charge is 0.367 e. The molecule has 23 heavy (non-hydrogen) atoms. The molecule has 1 aliphatic heterocycles. The van der Waals surface area contributed by atoms with Gasteiger partial charge in [-0.2, -0.15) is 16.0 Å². The van der Waals surface area contributed by atoms with Crippen molar-refractivity contribution in [3.63, 3.8) is 0 Å². The molecule has 0 spiro atoms. The van der Waals surface area contributed by atoms with Crippen LogP contribution in [0.3, 0.4) is 0 Å². The molecule has 1 saturated heterocycles. The van der Waals surface area contributed by atoms with Gasteiger partial charge >= 0.3 is 0 Å². The number of ether oxygens (including phenoxy) is 1. The first kappa shape index (κ1) is 14.3. The molecule has 0 saturated carbocycles. The van der Waals surface area contributed by atoms with Gasteiger partial charge in [0.2, 0.25) is 0 Å². The lowest BCUT2D eigenvalue weighted by Gasteiger charge is -2.36. The van der Waals surface area contributed by atoms with Gasteiger partial charge in [0.15, 0.2) is 0 Å². The summed E-state index contributed by atoms with van der Waals surface area (Å²) in [6.07, 6.45) is 0.167. The van der Waals surface area contributed by atoms with Crippen LogP contribution >= 0.6 is 11.3 Å². The van der Waals surface area contributed by atoms with E-state index in [0.717, 1.165) is 24.7 Å². The van der Waals surface area contributed by atoms with Gasteiger partial charge in [-0.05, 0) is 51.9 Å². The summed E-state index contributed by atoms with van der Waals surface area (Å²) in [6, 6.07) is 12.1. The molecular weight excluding hydrogens is 310 g/mol. The van der Waals surface area contributed by atoms with Crippen molar-refractivity contribution in [2.75, 3.05) is 18.0 Å². The summed E-state index contributed by atoms with van der Waals surface area (Å²) in [5.74, 6) is 0.756. The highest BCUT2D eigenvalue weighted by Gasteiger charge is 2.29. The molecule has 0 N–H and O–H groups in total. The van der Waals surface area contributed by atoms with E-state index in [1.54, 1.807) is 16.0 Å². The Morgan fingerprint density at radius 1 is 1.17 bits per heavy atom. The lowest BCUT2D eigenvalue weighted by molar-refractivity contribution is -0.0177. The number of nitrogens with zero attached hydrogens (tertiary/aromatic N) is 5. The molecule has 0 aliphatic carbocycles. The number of tetrazole rings is 1. The highest BCUT2D eigenvalue weighted by Crippen LogP contribution is 2.29. The molecule has 1 aliphatic rings. The molecule has 2 aromatic heterocycles. The number of benzene rings is 1. The van der Waals surface area contributed by atoms with Crippen molar-refractivity contribution in [2.24, 2.45) is 0 Å². The first-order valence-corrected chi connectivity index (χ1v) is 8.52. The second-order valence-corrected chi connectivity index (χ2v) is 6.40. The molecule has 4 rings (SSSR count). The normalized spacial score (nSPS) is 21.5. The average molecular weight is 327 g/mol. The Bertz CT molecular complexity index is 758. The number of anilines is 1. The van der Waals surface area contributed by atoms with Gasteiger partial charge < -0.3 is 9.64 Å². The number of morpholine rings is 1. The second-order valence-electron chi connectivity index (χ2n) is 5.62. The Labute approximate surface area is 138 Å². The minimum Gasteiger partial charge on any atom is -0.367 e. The van der Waals surface area contributed by atoms with Gasteiger partial charge in [0.25, 0.3) is 5.95 Å². The van der Waals surface area contributed by atoms with Gasteiger partial charge in [-0.25, -0.2) is 0 Å². The molecule has 7 heteroatoms. The van der Waals surface area contributed by atoms with E-state index in [9.17, 15) is 0 Å². The Hall–Kier alpha value is -2.25. The average Bonchev–Trinajstić information content (AvgIpc) is 3.27. The third-order valence-corrected chi connectivity index (χ3v) is 4.61. The van der Waals surface area contributed by atoms with E-state index < -0.39 is 0 Å². The minimum atomic E-state index is 0.0472. The minimum absolute atomic E-state index is 0.0472. The van der Waals surface area contributed by atoms with Crippen molar-refractivity contribution in [1.82, 2.24) is 20.2 Å². The molecule has 118 valence electrons. The molecule has 3 aromatic rings. The summed E-state index contributed by atoms with van der Waals surface area (Å²) in [5.41, 5.74) is 2.17. The van der Waals surface area contributed by atoms with Crippen LogP contribution in [0, 0.1) is 0 Å². The SMILES string of the molecule is CC1CN(c2nnnn2-c2ccccc2)CC(c2ccsc2)O1. The summed E-state index contributed by atoms with van der Waals surface area (Å²) in [4.78, 5) is 2.20. The van der Waals surface area contributed by atoms with Crippen LogP contribution in [0.4, 0.5) is 5.95 Å². The molecular formula is C16H17N5OS. The van der Waals surface area contributed by atoms with Gasteiger partial charge in [-0.1, -0.05) is 23.3 Å². The summed E-state index contributed by atoms with van der Waals surface area (Å²) in [7, 11) is 0. The highest BCUT2D eigenvalue weighted by molar-refractivity contribution is 7.07. The number of thiophene rings is 1. The first-order chi connectivity index (χ1) is 11.3. The van der Waals surface area contributed by atoms with Crippen LogP contribution in [-0.2, 0) is 4.74 Å². The molecule has 1 fully saturated rings. The second kappa shape index (κ2) is 6.10. The lowest BCUT2D eigenvalue weighted by Crippen LogP contribution is -2.44. The van der Waals surface area contributed by atoms with Crippen LogP contribution in [0.5, 0.6) is 0 Å². The summed E-state index contributed by atoms with van der Waals surface area (Å²) in [5, 5.41) is 16.5. The quantitative estimate of drug-likeness (QED) is 0.740. The smallest absolute Gasteiger partial charge is 0.250 e. The molecule has 0 radical (unpaired) electrons. The van der Waals surface area contributed by atoms with E-state index in [1.165, 1.54) is 5.56 Å². The zero-order valence-electron chi connectivity index (χ0n) is 12.7. The standard InChI is InChI=1S/C16H17N5OS/c1-12-9-20(10-15(22-12)13-7-8-23-11-13)16-17-18-19-21(16)14-5-3-2-4-6-14/h2-8,11-12,15H,9-10H2,1H3. The van der Waals surface area contributed by atoms with Crippen LogP contribution in [0.15, 0.2) is 47.2 Å². The van der Waals surface area contributed by atoms with Gasteiger partial charge in [-0.15, -0.1) is 0 Å². The number of hydrogen-bond donors (Lipinski definition) is 0. The van der Waals surface area contributed by atoms with Crippen molar-refractivity contribution in [3.8, 4) is 5.69 Å². The van der Waals surface area contributed by atoms with Gasteiger partial charge in [-0.3, -0.25) is 0 Å². The third kappa shape index (κ3) is 2.85. The van der Waals surface area contributed by atoms with Crippen molar-refractivity contribution < 1.29 is 4.74 Å². The van der Waals surface area contributed by atoms with E-state index in [1.807, 2.05) is 30.3 Å². The van der Waals surface area contributed by atoms with E-state index in [-0.39, 0.29) is 12.2 Å². The van der Waals surface area contributed by atoms with Gasteiger partial charge in [0.1, 0.15) is 6.10 Å². The molecule has 2 atom stereocenters. The Morgan fingerprint density at radius 2 is 2.04 bits per heavy atom. The van der Waals surface area contributed by atoms with Gasteiger partial charge in [0, 0.05) is 6.54 Å². The molecule has 2 unspecified atom stereocenters. The van der Waals surface area contributed by atoms with Crippen LogP contribution < -0.4 is 4.90 Å². The van der Waals surface area contributed by atoms with Crippen molar-refractivity contribution >= 4 is 17.3 Å². The van der Waals surface area contributed by atoms with Gasteiger partial charge in [0.05, 0.1) is 18.3 Å². The van der Waals surface area contributed by atoms with Crippen LogP contribution in [0.2, 0.25) is 0 Å². The zero-order valence-corrected chi connectivity index (χ0v) is 13.6. The maximum atomic E-state index is 6.09. The maximum Gasteiger partial charge on any atom is 0.250 e. The maximum absolute atomic E-state index is 6.09. The van der Waals surface area contributed by atoms with Crippen molar-refractivity contribution in [1.29, 1.82) is 0 Å². The third-order valence-electron chi connectivity index (χ3n) is 3.91. The molecule has 0 amide bonds. The fraction of sp³-hybridized carbons (Fsp3) is 0.312. The Morgan fingerprint density at radius 3 is 2.83 bits per heavy atom. The number of para-hydroxylation sites is 1. The molecule has 1 aromatic carbocycles. The Balaban J connectivity index is 1.64. The number of rotatable bonds is 3. The molecule has 3 heterocycles. The lowest BCUT2D eigenvalue weighted by atomic mass is 10.1. The summed E-state index contributed by atoms with van der Waals surface area (Å²) < 4.78 is 7.87. The fourth-order valence-electron chi connectivity index (χ4n) is 2.87. The fourth-order valence-corrected chi connectivity index (χ4v) is 3.57. The predicted octanol–water partition coefficient (Wildman–Crippen LogP) is 2.69. The van der Waals surface area contributed by atoms with Crippen LogP contribution in [0.1, 0.15) is 18.6 Å². The topological polar surface area (TPSA) is 56.1 Å². The zero-order chi connectivity index (χ0) is 15.6. The molecule has 6 nitrogen and oxygen atoms in total. The number of aromatic nitrogens is 4. The highest BCUT2D eigenvalue weighted by atomic mass is 32.1. The summed E-state index contributed by atoms with van der Waals surface area (Å²) in [6.45, 7) is 3.60. The number of hydrogen-bond acceptors (Lipinski definition) is 6. The predicted molar refractivity (Wildman–Crippen MR) is 89.0 cm³/mol. The van der Waals surface area contributed by atoms with Crippen molar-refractivity contribution in [3.05, 3.63) is 52.7 Å². The summed E-state index contributed by atoms with van der Waals surface area (Å²) >= 11 is 1.69. The first-order valence-electron chi connectivity index (χ1n) is 7.57. The molecule has 0 bridgehead atoms. The van der Waals surface area contributed by atoms with E-state index in [0.29, 0.717) is 0 Å². The van der Waals surface area contributed by atoms with Crippen LogP contribution in [0.25, 0.3) is 5.69 Å². The monoisotopic (exact) mass is 327 g/mol. The van der Waals surface area contributed by atoms with Crippen molar-refractivity contribution in [2.45, 2.75) is 19.1 Å². The van der Waals surface area contributed by atoms with E-state index in [2.05, 4.69) is 44.2 Å². The Kier molecular flexibility index (Phi) is 3.80. The van der Waals surface area contributed by atoms with E-state index >= 15 is 0 Å². The van der Waals surface area contributed by atoms with Crippen LogP contribution in [-0.4, -0.2) is 39.4 Å².